The molecule has 0 saturated carbocycles. The maximum Gasteiger partial charge on any atom is 0.184 e. The molecule has 1 rings (SSSR count). The number of nitrogens with two attached hydrogens (primary N) is 1. The summed E-state index contributed by atoms with van der Waals surface area (Å²) in [5, 5.41) is 36.3. The van der Waals surface area contributed by atoms with Gasteiger partial charge in [-0.2, -0.15) is 0 Å². The summed E-state index contributed by atoms with van der Waals surface area (Å²) in [6, 6.07) is 0. The molecule has 0 bridgehead atoms. The summed E-state index contributed by atoms with van der Waals surface area (Å²) >= 11 is 0. The molecule has 0 aromatic rings. The Morgan fingerprint density at radius 1 is 1.00 bits per heavy atom. The van der Waals surface area contributed by atoms with Crippen LogP contribution in [0.4, 0.5) is 0 Å². The van der Waals surface area contributed by atoms with E-state index in [1.807, 2.05) is 0 Å². The van der Waals surface area contributed by atoms with Crippen molar-refractivity contribution in [2.75, 3.05) is 6.54 Å². The Labute approximate surface area is 69.2 Å². The van der Waals surface area contributed by atoms with Crippen molar-refractivity contribution in [3.8, 4) is 0 Å². The molecule has 1 unspecified atom stereocenters. The van der Waals surface area contributed by atoms with E-state index in [-0.39, 0.29) is 6.54 Å². The lowest BCUT2D eigenvalue weighted by atomic mass is 9.99. The van der Waals surface area contributed by atoms with E-state index in [0.717, 1.165) is 0 Å². The van der Waals surface area contributed by atoms with Crippen LogP contribution in [-0.2, 0) is 4.74 Å². The lowest BCUT2D eigenvalue weighted by molar-refractivity contribution is -0.279. The van der Waals surface area contributed by atoms with E-state index in [4.69, 9.17) is 25.8 Å². The SMILES string of the molecule is NC[C@@H]1OC(O)[C@@H](O)[C@H](O)[C@H]1O. The molecule has 1 heterocycles. The van der Waals surface area contributed by atoms with Crippen LogP contribution in [0, 0.1) is 0 Å². The standard InChI is InChI=1S/C6H13NO5/c7-1-2-3(8)4(9)5(10)6(11)12-2/h2-6,8-11H,1,7H2/t2-,3-,4+,5-,6?/m0/s1. The van der Waals surface area contributed by atoms with Gasteiger partial charge in [-0.15, -0.1) is 0 Å². The van der Waals surface area contributed by atoms with E-state index in [9.17, 15) is 5.11 Å². The van der Waals surface area contributed by atoms with E-state index in [0.29, 0.717) is 0 Å². The van der Waals surface area contributed by atoms with Gasteiger partial charge in [0.2, 0.25) is 0 Å². The molecule has 12 heavy (non-hydrogen) atoms. The number of hydrogen-bond donors (Lipinski definition) is 5. The first-order valence-electron chi connectivity index (χ1n) is 3.65. The van der Waals surface area contributed by atoms with Crippen LogP contribution in [-0.4, -0.2) is 57.7 Å². The highest BCUT2D eigenvalue weighted by Crippen LogP contribution is 2.18. The van der Waals surface area contributed by atoms with E-state index in [2.05, 4.69) is 0 Å². The smallest absolute Gasteiger partial charge is 0.184 e. The van der Waals surface area contributed by atoms with E-state index < -0.39 is 30.7 Å². The topological polar surface area (TPSA) is 116 Å². The first kappa shape index (κ1) is 9.85. The van der Waals surface area contributed by atoms with Gasteiger partial charge in [-0.25, -0.2) is 0 Å². The third-order valence-corrected chi connectivity index (χ3v) is 1.92. The second-order valence-corrected chi connectivity index (χ2v) is 2.77. The zero-order valence-electron chi connectivity index (χ0n) is 6.37. The van der Waals surface area contributed by atoms with Crippen LogP contribution >= 0.6 is 0 Å². The molecular weight excluding hydrogens is 166 g/mol. The van der Waals surface area contributed by atoms with Gasteiger partial charge in [-0.05, 0) is 0 Å². The highest BCUT2D eigenvalue weighted by atomic mass is 16.6. The maximum absolute atomic E-state index is 9.20. The van der Waals surface area contributed by atoms with Crippen molar-refractivity contribution in [1.29, 1.82) is 0 Å². The average Bonchev–Trinajstić information content (AvgIpc) is 2.08. The fraction of sp³-hybridized carbons (Fsp3) is 1.00. The highest BCUT2D eigenvalue weighted by Gasteiger charge is 2.42. The van der Waals surface area contributed by atoms with Crippen molar-refractivity contribution in [2.45, 2.75) is 30.7 Å². The Bertz CT molecular complexity index is 150. The van der Waals surface area contributed by atoms with Crippen LogP contribution in [0.2, 0.25) is 0 Å². The molecule has 0 aromatic carbocycles. The van der Waals surface area contributed by atoms with Gasteiger partial charge in [0.1, 0.15) is 24.4 Å². The molecule has 1 aliphatic heterocycles. The predicted octanol–water partition coefficient (Wildman–Crippen LogP) is -3.25. The van der Waals surface area contributed by atoms with E-state index >= 15 is 0 Å². The number of rotatable bonds is 1. The van der Waals surface area contributed by atoms with Crippen molar-refractivity contribution < 1.29 is 25.2 Å². The van der Waals surface area contributed by atoms with Gasteiger partial charge in [0.15, 0.2) is 6.29 Å². The normalized spacial score (nSPS) is 49.2. The summed E-state index contributed by atoms with van der Waals surface area (Å²) in [6.45, 7) is -0.0258. The number of aliphatic hydroxyl groups is 4. The predicted molar refractivity (Wildman–Crippen MR) is 38.0 cm³/mol. The van der Waals surface area contributed by atoms with E-state index in [1.165, 1.54) is 0 Å². The Balaban J connectivity index is 2.63. The van der Waals surface area contributed by atoms with Crippen molar-refractivity contribution >= 4 is 0 Å². The first-order chi connectivity index (χ1) is 5.57. The monoisotopic (exact) mass is 179 g/mol. The Kier molecular flexibility index (Phi) is 2.99. The van der Waals surface area contributed by atoms with Crippen molar-refractivity contribution in [1.82, 2.24) is 0 Å². The maximum atomic E-state index is 9.20. The molecule has 1 saturated heterocycles. The molecule has 5 atom stereocenters. The van der Waals surface area contributed by atoms with Gasteiger partial charge in [0, 0.05) is 6.54 Å². The van der Waals surface area contributed by atoms with E-state index in [1.54, 1.807) is 0 Å². The summed E-state index contributed by atoms with van der Waals surface area (Å²) in [4.78, 5) is 0. The molecular formula is C6H13NO5. The summed E-state index contributed by atoms with van der Waals surface area (Å²) in [5.74, 6) is 0. The van der Waals surface area contributed by atoms with Crippen molar-refractivity contribution in [3.63, 3.8) is 0 Å². The number of aliphatic hydroxyl groups excluding tert-OH is 4. The quantitative estimate of drug-likeness (QED) is 0.288. The van der Waals surface area contributed by atoms with Gasteiger partial charge < -0.3 is 30.9 Å². The Morgan fingerprint density at radius 3 is 2.08 bits per heavy atom. The van der Waals surface area contributed by atoms with Crippen LogP contribution in [0.3, 0.4) is 0 Å². The van der Waals surface area contributed by atoms with Crippen molar-refractivity contribution in [3.05, 3.63) is 0 Å². The Hall–Kier alpha value is -0.240. The molecule has 6 nitrogen and oxygen atoms in total. The zero-order valence-corrected chi connectivity index (χ0v) is 6.37. The molecule has 0 spiro atoms. The van der Waals surface area contributed by atoms with Gasteiger partial charge in [0.25, 0.3) is 0 Å². The van der Waals surface area contributed by atoms with Crippen molar-refractivity contribution in [2.24, 2.45) is 5.73 Å². The Morgan fingerprint density at radius 2 is 1.58 bits per heavy atom. The summed E-state index contributed by atoms with van der Waals surface area (Å²) in [6.07, 6.45) is -6.48. The van der Waals surface area contributed by atoms with Gasteiger partial charge >= 0.3 is 0 Å². The summed E-state index contributed by atoms with van der Waals surface area (Å²) < 4.78 is 4.70. The first-order valence-corrected chi connectivity index (χ1v) is 3.65. The fourth-order valence-electron chi connectivity index (χ4n) is 1.13. The second-order valence-electron chi connectivity index (χ2n) is 2.77. The van der Waals surface area contributed by atoms with Crippen LogP contribution in [0.15, 0.2) is 0 Å². The zero-order chi connectivity index (χ0) is 9.30. The average molecular weight is 179 g/mol. The lowest BCUT2D eigenvalue weighted by Gasteiger charge is -2.37. The van der Waals surface area contributed by atoms with Crippen LogP contribution in [0.5, 0.6) is 0 Å². The third-order valence-electron chi connectivity index (χ3n) is 1.92. The van der Waals surface area contributed by atoms with Gasteiger partial charge in [-0.3, -0.25) is 0 Å². The lowest BCUT2D eigenvalue weighted by Crippen LogP contribution is -2.59. The summed E-state index contributed by atoms with van der Waals surface area (Å²) in [7, 11) is 0. The second kappa shape index (κ2) is 3.65. The minimum atomic E-state index is -1.49. The number of hydrogen-bond acceptors (Lipinski definition) is 6. The molecule has 0 aliphatic carbocycles. The molecule has 1 aliphatic rings. The molecule has 0 amide bonds. The molecule has 1 fully saturated rings. The van der Waals surface area contributed by atoms with Crippen LogP contribution in [0.25, 0.3) is 0 Å². The largest absolute Gasteiger partial charge is 0.388 e. The number of ether oxygens (including phenoxy) is 1. The fourth-order valence-corrected chi connectivity index (χ4v) is 1.13. The van der Waals surface area contributed by atoms with Crippen LogP contribution < -0.4 is 5.73 Å². The highest BCUT2D eigenvalue weighted by molar-refractivity contribution is 4.88. The third kappa shape index (κ3) is 1.58. The van der Waals surface area contributed by atoms with Crippen LogP contribution in [0.1, 0.15) is 0 Å². The molecule has 6 N–H and O–H groups in total. The molecule has 72 valence electrons. The molecule has 0 aromatic heterocycles. The molecule has 6 heteroatoms. The minimum Gasteiger partial charge on any atom is -0.388 e. The van der Waals surface area contributed by atoms with Gasteiger partial charge in [0.05, 0.1) is 0 Å². The van der Waals surface area contributed by atoms with Gasteiger partial charge in [-0.1, -0.05) is 0 Å². The minimum absolute atomic E-state index is 0.0258. The molecule has 0 radical (unpaired) electrons. The summed E-state index contributed by atoms with van der Waals surface area (Å²) in [5.41, 5.74) is 5.17.